The van der Waals surface area contributed by atoms with Crippen LogP contribution in [-0.2, 0) is 4.79 Å². The Balaban J connectivity index is 1.78. The molecule has 1 amide bonds. The molecule has 5 nitrogen and oxygen atoms in total. The summed E-state index contributed by atoms with van der Waals surface area (Å²) in [4.78, 5) is 11.9. The van der Waals surface area contributed by atoms with Crippen molar-refractivity contribution in [2.75, 3.05) is 5.73 Å². The number of hydrogen-bond acceptors (Lipinski definition) is 3. The molecule has 4 N–H and O–H groups in total. The van der Waals surface area contributed by atoms with E-state index in [1.54, 1.807) is 0 Å². The molecule has 1 aromatic rings. The van der Waals surface area contributed by atoms with Crippen molar-refractivity contribution in [2.45, 2.75) is 51.5 Å². The number of carbonyl (C=O) groups excluding carboxylic acids is 1. The van der Waals surface area contributed by atoms with Crippen LogP contribution >= 0.6 is 0 Å². The third-order valence-corrected chi connectivity index (χ3v) is 3.88. The van der Waals surface area contributed by atoms with E-state index in [0.717, 1.165) is 31.4 Å². The number of hydrogen-bond donors (Lipinski definition) is 3. The van der Waals surface area contributed by atoms with Crippen molar-refractivity contribution < 1.29 is 4.79 Å². The Hall–Kier alpha value is -1.52. The van der Waals surface area contributed by atoms with Crippen molar-refractivity contribution in [3.63, 3.8) is 0 Å². The van der Waals surface area contributed by atoms with Gasteiger partial charge in [0.15, 0.2) is 0 Å². The van der Waals surface area contributed by atoms with Crippen molar-refractivity contribution in [1.29, 1.82) is 0 Å². The summed E-state index contributed by atoms with van der Waals surface area (Å²) in [5.41, 5.74) is 6.61. The van der Waals surface area contributed by atoms with Crippen molar-refractivity contribution >= 4 is 11.7 Å². The van der Waals surface area contributed by atoms with Crippen molar-refractivity contribution in [2.24, 2.45) is 5.92 Å². The van der Waals surface area contributed by atoms with Crippen LogP contribution in [0.25, 0.3) is 0 Å². The standard InChI is InChI=1S/C13H22N4O/c1-3-8(4-2)13(18)15-10-5-9(6-10)11-7-12(14)17-16-11/h7-10H,3-6H2,1-2H3,(H,15,18)(H3,14,16,17)/t9-,10+. The SMILES string of the molecule is CCC(CC)C(=O)N[C@H]1C[C@@H](c2cc(N)[nH]n2)C1. The summed E-state index contributed by atoms with van der Waals surface area (Å²) >= 11 is 0. The third-order valence-electron chi connectivity index (χ3n) is 3.88. The fourth-order valence-corrected chi connectivity index (χ4v) is 2.52. The molecule has 0 saturated heterocycles. The van der Waals surface area contributed by atoms with Gasteiger partial charge in [-0.05, 0) is 25.7 Å². The van der Waals surface area contributed by atoms with E-state index >= 15 is 0 Å². The Morgan fingerprint density at radius 3 is 2.72 bits per heavy atom. The number of anilines is 1. The highest BCUT2D eigenvalue weighted by Gasteiger charge is 2.33. The first kappa shape index (κ1) is 12.9. The molecule has 5 heteroatoms. The number of nitrogens with zero attached hydrogens (tertiary/aromatic N) is 1. The van der Waals surface area contributed by atoms with E-state index < -0.39 is 0 Å². The van der Waals surface area contributed by atoms with E-state index in [4.69, 9.17) is 5.73 Å². The van der Waals surface area contributed by atoms with E-state index in [0.29, 0.717) is 17.8 Å². The van der Waals surface area contributed by atoms with Gasteiger partial charge in [0.2, 0.25) is 5.91 Å². The topological polar surface area (TPSA) is 83.8 Å². The second-order valence-electron chi connectivity index (χ2n) is 5.14. The normalized spacial score (nSPS) is 22.8. The molecule has 1 aliphatic rings. The molecule has 1 aliphatic carbocycles. The van der Waals surface area contributed by atoms with Crippen LogP contribution in [-0.4, -0.2) is 22.1 Å². The lowest BCUT2D eigenvalue weighted by Gasteiger charge is -2.35. The lowest BCUT2D eigenvalue weighted by Crippen LogP contribution is -2.45. The summed E-state index contributed by atoms with van der Waals surface area (Å²) in [7, 11) is 0. The maximum Gasteiger partial charge on any atom is 0.223 e. The van der Waals surface area contributed by atoms with E-state index in [1.165, 1.54) is 0 Å². The maximum atomic E-state index is 11.9. The number of aromatic nitrogens is 2. The fourth-order valence-electron chi connectivity index (χ4n) is 2.52. The third kappa shape index (κ3) is 2.66. The van der Waals surface area contributed by atoms with E-state index in [2.05, 4.69) is 29.4 Å². The number of nitrogens with one attached hydrogen (secondary N) is 2. The lowest BCUT2D eigenvalue weighted by molar-refractivity contribution is -0.126. The minimum Gasteiger partial charge on any atom is -0.384 e. The molecule has 0 bridgehead atoms. The van der Waals surface area contributed by atoms with Gasteiger partial charge in [0, 0.05) is 23.9 Å². The van der Waals surface area contributed by atoms with Gasteiger partial charge in [-0.2, -0.15) is 5.10 Å². The van der Waals surface area contributed by atoms with Gasteiger partial charge in [-0.1, -0.05) is 13.8 Å². The minimum absolute atomic E-state index is 0.157. The van der Waals surface area contributed by atoms with Gasteiger partial charge in [0.1, 0.15) is 5.82 Å². The molecule has 1 fully saturated rings. The first-order chi connectivity index (χ1) is 8.63. The number of rotatable bonds is 5. The average Bonchev–Trinajstić information content (AvgIpc) is 2.71. The van der Waals surface area contributed by atoms with Gasteiger partial charge in [-0.25, -0.2) is 0 Å². The zero-order valence-corrected chi connectivity index (χ0v) is 11.1. The molecule has 0 aromatic carbocycles. The molecule has 0 atom stereocenters. The predicted octanol–water partition coefficient (Wildman–Crippen LogP) is 1.79. The molecule has 1 saturated carbocycles. The highest BCUT2D eigenvalue weighted by atomic mass is 16.1. The first-order valence-electron chi connectivity index (χ1n) is 6.75. The number of carbonyl (C=O) groups is 1. The number of nitrogens with two attached hydrogens (primary N) is 1. The highest BCUT2D eigenvalue weighted by Crippen LogP contribution is 2.36. The summed E-state index contributed by atoms with van der Waals surface area (Å²) in [6.45, 7) is 4.12. The van der Waals surface area contributed by atoms with Gasteiger partial charge in [0.25, 0.3) is 0 Å². The Morgan fingerprint density at radius 1 is 1.56 bits per heavy atom. The lowest BCUT2D eigenvalue weighted by atomic mass is 9.78. The van der Waals surface area contributed by atoms with Crippen molar-refractivity contribution in [3.8, 4) is 0 Å². The van der Waals surface area contributed by atoms with Gasteiger partial charge in [-0.3, -0.25) is 9.89 Å². The van der Waals surface area contributed by atoms with Crippen molar-refractivity contribution in [3.05, 3.63) is 11.8 Å². The van der Waals surface area contributed by atoms with Crippen LogP contribution in [0.15, 0.2) is 6.07 Å². The molecular weight excluding hydrogens is 228 g/mol. The second kappa shape index (κ2) is 5.42. The summed E-state index contributed by atoms with van der Waals surface area (Å²) in [6, 6.07) is 2.19. The Labute approximate surface area is 108 Å². The van der Waals surface area contributed by atoms with Crippen LogP contribution in [0.4, 0.5) is 5.82 Å². The zero-order valence-electron chi connectivity index (χ0n) is 11.1. The first-order valence-corrected chi connectivity index (χ1v) is 6.75. The molecule has 0 unspecified atom stereocenters. The van der Waals surface area contributed by atoms with Gasteiger partial charge in [0.05, 0.1) is 5.69 Å². The Morgan fingerprint density at radius 2 is 2.22 bits per heavy atom. The Kier molecular flexibility index (Phi) is 3.89. The monoisotopic (exact) mass is 250 g/mol. The molecule has 0 aliphatic heterocycles. The van der Waals surface area contributed by atoms with Crippen LogP contribution in [0.2, 0.25) is 0 Å². The molecule has 0 spiro atoms. The van der Waals surface area contributed by atoms with Gasteiger partial charge in [-0.15, -0.1) is 0 Å². The molecule has 1 heterocycles. The molecular formula is C13H22N4O. The zero-order chi connectivity index (χ0) is 13.1. The smallest absolute Gasteiger partial charge is 0.223 e. The van der Waals surface area contributed by atoms with Crippen LogP contribution in [0.1, 0.15) is 51.1 Å². The Bertz CT molecular complexity index is 405. The van der Waals surface area contributed by atoms with Crippen LogP contribution < -0.4 is 11.1 Å². The van der Waals surface area contributed by atoms with E-state index in [1.807, 2.05) is 6.07 Å². The van der Waals surface area contributed by atoms with Crippen LogP contribution in [0.3, 0.4) is 0 Å². The van der Waals surface area contributed by atoms with Gasteiger partial charge >= 0.3 is 0 Å². The van der Waals surface area contributed by atoms with E-state index in [-0.39, 0.29) is 11.8 Å². The van der Waals surface area contributed by atoms with Crippen molar-refractivity contribution in [1.82, 2.24) is 15.5 Å². The summed E-state index contributed by atoms with van der Waals surface area (Å²) in [5, 5.41) is 10.0. The number of amides is 1. The van der Waals surface area contributed by atoms with Crippen LogP contribution in [0.5, 0.6) is 0 Å². The largest absolute Gasteiger partial charge is 0.384 e. The maximum absolute atomic E-state index is 11.9. The molecule has 18 heavy (non-hydrogen) atoms. The summed E-state index contributed by atoms with van der Waals surface area (Å²) in [6.07, 6.45) is 3.76. The number of aromatic amines is 1. The quantitative estimate of drug-likeness (QED) is 0.745. The second-order valence-corrected chi connectivity index (χ2v) is 5.14. The summed E-state index contributed by atoms with van der Waals surface area (Å²) < 4.78 is 0. The summed E-state index contributed by atoms with van der Waals surface area (Å²) in [5.74, 6) is 1.40. The highest BCUT2D eigenvalue weighted by molar-refractivity contribution is 5.79. The fraction of sp³-hybridized carbons (Fsp3) is 0.692. The molecule has 0 radical (unpaired) electrons. The predicted molar refractivity (Wildman–Crippen MR) is 71.0 cm³/mol. The van der Waals surface area contributed by atoms with Gasteiger partial charge < -0.3 is 11.1 Å². The van der Waals surface area contributed by atoms with E-state index in [9.17, 15) is 4.79 Å². The number of H-pyrrole nitrogens is 1. The molecule has 2 rings (SSSR count). The molecule has 100 valence electrons. The number of nitrogen functional groups attached to an aromatic ring is 1. The minimum atomic E-state index is 0.157. The van der Waals surface area contributed by atoms with Crippen LogP contribution in [0, 0.1) is 5.92 Å². The molecule has 1 aromatic heterocycles. The average molecular weight is 250 g/mol.